The number of aromatic nitrogens is 6. The third-order valence-electron chi connectivity index (χ3n) is 15.0. The van der Waals surface area contributed by atoms with Gasteiger partial charge in [0.15, 0.2) is 0 Å². The minimum atomic E-state index is -0.805. The summed E-state index contributed by atoms with van der Waals surface area (Å²) in [5.74, 6) is 13.0. The van der Waals surface area contributed by atoms with Gasteiger partial charge in [-0.05, 0) is 56.4 Å². The number of hydrogen-bond donors (Lipinski definition) is 10. The molecule has 6 atom stereocenters. The third-order valence-corrected chi connectivity index (χ3v) is 15.5. The zero-order chi connectivity index (χ0) is 67.8. The Morgan fingerprint density at radius 1 is 0.516 bits per heavy atom. The molecule has 0 spiro atoms. The lowest BCUT2D eigenvalue weighted by Crippen LogP contribution is -2.29. The van der Waals surface area contributed by atoms with Crippen LogP contribution in [0.5, 0.6) is 0 Å². The van der Waals surface area contributed by atoms with Crippen LogP contribution in [0.15, 0.2) is 49.3 Å². The highest BCUT2D eigenvalue weighted by Gasteiger charge is 2.37. The van der Waals surface area contributed by atoms with E-state index in [0.29, 0.717) is 128 Å². The molecule has 2 saturated heterocycles. The van der Waals surface area contributed by atoms with Crippen LogP contribution >= 0.6 is 23.2 Å². The molecule has 522 valence electrons. The van der Waals surface area contributed by atoms with Crippen LogP contribution < -0.4 is 32.7 Å². The van der Waals surface area contributed by atoms with Crippen LogP contribution in [0.2, 0.25) is 0 Å². The van der Waals surface area contributed by atoms with Crippen molar-refractivity contribution in [1.82, 2.24) is 50.3 Å². The summed E-state index contributed by atoms with van der Waals surface area (Å²) in [4.78, 5) is 65.7. The monoisotopic (exact) mass is 1370 g/mol. The number of benzene rings is 1. The fraction of sp³-hybridized carbons (Fsp3) is 0.600. The Morgan fingerprint density at radius 3 is 1.28 bits per heavy atom. The van der Waals surface area contributed by atoms with E-state index in [9.17, 15) is 39.6 Å². The van der Waals surface area contributed by atoms with Crippen molar-refractivity contribution >= 4 is 80.5 Å². The highest BCUT2D eigenvalue weighted by Crippen LogP contribution is 2.35. The molecule has 0 radical (unpaired) electrons. The first-order chi connectivity index (χ1) is 46.4. The van der Waals surface area contributed by atoms with Gasteiger partial charge >= 0.3 is 0 Å². The molecule has 2 aliphatic rings. The summed E-state index contributed by atoms with van der Waals surface area (Å²) in [5, 5.41) is 51.4. The zero-order valence-electron chi connectivity index (χ0n) is 53.7. The van der Waals surface area contributed by atoms with E-state index in [1.54, 1.807) is 45.8 Å². The van der Waals surface area contributed by atoms with Gasteiger partial charge in [0.2, 0.25) is 11.8 Å². The first kappa shape index (κ1) is 77.2. The average Bonchev–Trinajstić information content (AvgIpc) is 1.63. The van der Waals surface area contributed by atoms with Crippen molar-refractivity contribution in [2.75, 3.05) is 142 Å². The summed E-state index contributed by atoms with van der Waals surface area (Å²) in [6.45, 7) is 5.70. The molecule has 2 fully saturated rings. The molecule has 4 amide bonds. The van der Waals surface area contributed by atoms with Crippen LogP contribution in [0.1, 0.15) is 128 Å². The predicted molar refractivity (Wildman–Crippen MR) is 355 cm³/mol. The van der Waals surface area contributed by atoms with E-state index in [-0.39, 0.29) is 107 Å². The molecule has 12 N–H and O–H groups in total. The molecule has 7 rings (SSSR count). The SMILES string of the molecule is Nc1ncnc2c1c(C#CCOCCNC(=O)CCCC(=O)NCCOCCOCCCCCCCl)cn2[C@H]1CC(O)[C@@H](CO)O1.Nc1ncnc2c1c(C#CCOCCNC(=O)c1ccc(C(=O)NCCOCCOCCCCCCCl)cc1)cn2[C@H]1CC(O)[C@@H](CO)O1. The van der Waals surface area contributed by atoms with E-state index in [2.05, 4.69) is 64.9 Å². The summed E-state index contributed by atoms with van der Waals surface area (Å²) in [6.07, 6.45) is 12.2. The van der Waals surface area contributed by atoms with Gasteiger partial charge in [0.1, 0.15) is 73.5 Å². The number of amides is 4. The Kier molecular flexibility index (Phi) is 36.4. The molecule has 2 aliphatic heterocycles. The van der Waals surface area contributed by atoms with Gasteiger partial charge in [-0.1, -0.05) is 49.4 Å². The second-order valence-corrected chi connectivity index (χ2v) is 22.8. The first-order valence-electron chi connectivity index (χ1n) is 32.2. The molecule has 95 heavy (non-hydrogen) atoms. The number of nitrogens with zero attached hydrogens (tertiary/aromatic N) is 6. The lowest BCUT2D eigenvalue weighted by molar-refractivity contribution is -0.122. The number of anilines is 2. The lowest BCUT2D eigenvalue weighted by Gasteiger charge is -2.14. The molecule has 6 heterocycles. The van der Waals surface area contributed by atoms with Crippen molar-refractivity contribution < 1.29 is 77.5 Å². The van der Waals surface area contributed by atoms with Gasteiger partial charge in [0, 0.05) is 100 Å². The Bertz CT molecular complexity index is 3230. The largest absolute Gasteiger partial charge is 0.394 e. The van der Waals surface area contributed by atoms with Gasteiger partial charge in [0.05, 0.1) is 100 Å². The van der Waals surface area contributed by atoms with Crippen LogP contribution in [0, 0.1) is 23.7 Å². The van der Waals surface area contributed by atoms with Gasteiger partial charge in [-0.25, -0.2) is 19.9 Å². The van der Waals surface area contributed by atoms with Crippen molar-refractivity contribution in [3.05, 3.63) is 71.6 Å². The van der Waals surface area contributed by atoms with Gasteiger partial charge < -0.3 is 100 Å². The Hall–Kier alpha value is -6.84. The second kappa shape index (κ2) is 44.8. The fourth-order valence-electron chi connectivity index (χ4n) is 9.97. The molecule has 5 aromatic rings. The number of aliphatic hydroxyl groups is 4. The number of alkyl halides is 2. The molecule has 2 unspecified atom stereocenters. The zero-order valence-corrected chi connectivity index (χ0v) is 55.2. The summed E-state index contributed by atoms with van der Waals surface area (Å²) < 4.78 is 48.1. The summed E-state index contributed by atoms with van der Waals surface area (Å²) in [6, 6.07) is 6.37. The van der Waals surface area contributed by atoms with Crippen molar-refractivity contribution in [2.24, 2.45) is 0 Å². The maximum atomic E-state index is 12.5. The minimum absolute atomic E-state index is 0.0970. The van der Waals surface area contributed by atoms with Crippen LogP contribution in [-0.4, -0.2) is 228 Å². The molecule has 4 aromatic heterocycles. The second-order valence-electron chi connectivity index (χ2n) is 22.1. The summed E-state index contributed by atoms with van der Waals surface area (Å²) in [7, 11) is 0. The fourth-order valence-corrected chi connectivity index (χ4v) is 10.3. The number of rotatable bonds is 42. The quantitative estimate of drug-likeness (QED) is 0.0152. The van der Waals surface area contributed by atoms with E-state index < -0.39 is 36.9 Å². The molecule has 0 saturated carbocycles. The van der Waals surface area contributed by atoms with E-state index >= 15 is 0 Å². The topological polar surface area (TPSA) is 385 Å². The number of fused-ring (bicyclic) bond motifs is 2. The molecule has 0 aliphatic carbocycles. The number of carbonyl (C=O) groups is 4. The molecular weight excluding hydrogens is 1280 g/mol. The van der Waals surface area contributed by atoms with E-state index in [1.807, 2.05) is 0 Å². The number of halogens is 2. The number of nitrogens with two attached hydrogens (primary N) is 2. The molecule has 0 bridgehead atoms. The Labute approximate surface area is 563 Å². The van der Waals surface area contributed by atoms with Crippen LogP contribution in [0.3, 0.4) is 0 Å². The predicted octanol–water partition coefficient (Wildman–Crippen LogP) is 3.27. The van der Waals surface area contributed by atoms with Gasteiger partial charge in [-0.3, -0.25) is 19.2 Å². The van der Waals surface area contributed by atoms with Gasteiger partial charge in [-0.15, -0.1) is 23.2 Å². The van der Waals surface area contributed by atoms with Crippen molar-refractivity contribution in [1.29, 1.82) is 0 Å². The number of unbranched alkanes of at least 4 members (excludes halogenated alkanes) is 6. The molecule has 30 heteroatoms. The Balaban J connectivity index is 0.000000301. The molecular formula is C65H92Cl2N12O16. The normalized spacial score (nSPS) is 17.4. The van der Waals surface area contributed by atoms with Gasteiger partial charge in [0.25, 0.3) is 11.8 Å². The maximum absolute atomic E-state index is 12.5. The first-order valence-corrected chi connectivity index (χ1v) is 33.3. The maximum Gasteiger partial charge on any atom is 0.251 e. The van der Waals surface area contributed by atoms with Crippen molar-refractivity contribution in [3.63, 3.8) is 0 Å². The summed E-state index contributed by atoms with van der Waals surface area (Å²) >= 11 is 11.3. The number of hydrogen-bond acceptors (Lipinski definition) is 22. The number of ether oxygens (including phenoxy) is 8. The molecule has 1 aromatic carbocycles. The van der Waals surface area contributed by atoms with E-state index in [1.165, 1.54) is 12.7 Å². The third kappa shape index (κ3) is 26.9. The number of nitrogens with one attached hydrogen (secondary N) is 4. The smallest absolute Gasteiger partial charge is 0.251 e. The minimum Gasteiger partial charge on any atom is -0.394 e. The van der Waals surface area contributed by atoms with Crippen molar-refractivity contribution in [3.8, 4) is 23.7 Å². The Morgan fingerprint density at radius 2 is 0.895 bits per heavy atom. The molecule has 28 nitrogen and oxygen atoms in total. The number of nitrogen functional groups attached to an aromatic ring is 2. The average molecular weight is 1370 g/mol. The van der Waals surface area contributed by atoms with Crippen molar-refractivity contribution in [2.45, 2.75) is 120 Å². The van der Waals surface area contributed by atoms with Crippen LogP contribution in [0.4, 0.5) is 11.6 Å². The van der Waals surface area contributed by atoms with E-state index in [4.69, 9.17) is 72.6 Å². The lowest BCUT2D eigenvalue weighted by atomic mass is 10.1. The van der Waals surface area contributed by atoms with Gasteiger partial charge in [-0.2, -0.15) is 0 Å². The standard InChI is InChI=1S/C34H45ClN6O8.C31H47ClN6O8/c35-11-3-1-2-4-14-47-18-19-48-17-13-38-34(45)25-9-7-24(8-10-25)33(44)37-12-16-46-15-5-6-26-21-41(29-20-27(43)28(22-42)49-29)32-30(26)31(36)39-23-40-32;32-10-3-1-2-4-13-44-17-18-45-16-12-35-27(42)9-5-8-26(41)34-11-15-43-14-6-7-23-20-38(28-19-24(40)25(21-39)46-28)31-29(23)30(33)36-22-37-31/h7-10,21,23,27-29,42-43H,1-4,11-20,22H2,(H,37,44)(H,38,45)(H2,36,39,40);20,22,24-25,28,39-40H,1-5,8-19,21H2,(H,34,41)(H,35,42)(H2,33,36,37)/t27?,28-,29-;24?,25-,28-/m11/s1. The van der Waals surface area contributed by atoms with Crippen LogP contribution in [-0.2, 0) is 47.5 Å². The highest BCUT2D eigenvalue weighted by atomic mass is 35.5. The number of aliphatic hydroxyl groups excluding tert-OH is 4. The number of carbonyl (C=O) groups excluding carboxylic acids is 4. The summed E-state index contributed by atoms with van der Waals surface area (Å²) in [5.41, 5.74) is 15.2. The highest BCUT2D eigenvalue weighted by molar-refractivity contribution is 6.18. The van der Waals surface area contributed by atoms with E-state index in [0.717, 1.165) is 58.0 Å². The van der Waals surface area contributed by atoms with Crippen LogP contribution in [0.25, 0.3) is 22.1 Å².